The summed E-state index contributed by atoms with van der Waals surface area (Å²) >= 11 is 0. The predicted octanol–water partition coefficient (Wildman–Crippen LogP) is 7.70. The molecule has 0 amide bonds. The Hall–Kier alpha value is -1.48. The first-order valence-electron chi connectivity index (χ1n) is 13.5. The maximum atomic E-state index is 13.0. The summed E-state index contributed by atoms with van der Waals surface area (Å²) < 4.78 is 45.4. The van der Waals surface area contributed by atoms with Crippen molar-refractivity contribution in [2.24, 2.45) is 29.6 Å². The van der Waals surface area contributed by atoms with Crippen LogP contribution in [0.2, 0.25) is 0 Å². The lowest BCUT2D eigenvalue weighted by molar-refractivity contribution is -0.176. The molecular weight excluding hydrogens is 437 g/mol. The Morgan fingerprint density at radius 3 is 2.53 bits per heavy atom. The highest BCUT2D eigenvalue weighted by Crippen LogP contribution is 2.40. The fraction of sp³-hybridized carbons (Fsp3) is 0.821. The molecule has 3 nitrogen and oxygen atoms in total. The van der Waals surface area contributed by atoms with Crippen LogP contribution in [0.25, 0.3) is 0 Å². The lowest BCUT2D eigenvalue weighted by Gasteiger charge is -2.37. The molecule has 6 heteroatoms. The normalized spacial score (nSPS) is 33.4. The number of nitriles is 1. The molecule has 3 aliphatic carbocycles. The monoisotopic (exact) mass is 480 g/mol. The van der Waals surface area contributed by atoms with Gasteiger partial charge in [0.1, 0.15) is 0 Å². The maximum Gasteiger partial charge on any atom is 0.392 e. The van der Waals surface area contributed by atoms with Crippen LogP contribution in [0.1, 0.15) is 90.4 Å². The van der Waals surface area contributed by atoms with Crippen LogP contribution in [-0.2, 0) is 4.74 Å². The van der Waals surface area contributed by atoms with Gasteiger partial charge in [0.25, 0.3) is 0 Å². The molecule has 0 spiro atoms. The minimum absolute atomic E-state index is 0.0988. The topological polar surface area (TPSA) is 45.0 Å². The van der Waals surface area contributed by atoms with E-state index in [0.717, 1.165) is 70.0 Å². The Morgan fingerprint density at radius 1 is 1.18 bits per heavy atom. The smallest absolute Gasteiger partial charge is 0.385 e. The van der Waals surface area contributed by atoms with Gasteiger partial charge < -0.3 is 10.1 Å². The number of nitrogens with one attached hydrogen (secondary N) is 1. The summed E-state index contributed by atoms with van der Waals surface area (Å²) in [6.45, 7) is 6.91. The van der Waals surface area contributed by atoms with E-state index in [9.17, 15) is 13.2 Å². The molecule has 0 aromatic heterocycles. The number of rotatable bonds is 10. The lowest BCUT2D eigenvalue weighted by atomic mass is 9.73. The zero-order chi connectivity index (χ0) is 24.6. The fourth-order valence-electron chi connectivity index (χ4n) is 6.41. The van der Waals surface area contributed by atoms with Crippen LogP contribution in [0, 0.1) is 40.9 Å². The molecule has 3 rings (SSSR count). The van der Waals surface area contributed by atoms with Gasteiger partial charge in [-0.1, -0.05) is 31.6 Å². The standard InChI is InChI=1S/C28H43F3N2O/c1-3-22-17-26(34-19-21-7-5-20(18-32)6-8-21)15-11-23(22)12-16-27(33-4-2)24-9-13-25(14-10-24)28(29,30)31/h4,9,20-23,25-27,33H,2-3,5-8,10-17,19H2,1H3/t20?,21?,22?,23-,25?,26?,27?/m1/s1. The van der Waals surface area contributed by atoms with Crippen molar-refractivity contribution in [3.8, 4) is 6.07 Å². The highest BCUT2D eigenvalue weighted by Gasteiger charge is 2.40. The molecule has 0 saturated heterocycles. The van der Waals surface area contributed by atoms with Crippen molar-refractivity contribution in [3.05, 3.63) is 24.4 Å². The lowest BCUT2D eigenvalue weighted by Crippen LogP contribution is -2.34. The van der Waals surface area contributed by atoms with Gasteiger partial charge in [0, 0.05) is 18.6 Å². The van der Waals surface area contributed by atoms with Crippen LogP contribution in [-0.4, -0.2) is 24.9 Å². The van der Waals surface area contributed by atoms with Crippen molar-refractivity contribution in [1.29, 1.82) is 5.26 Å². The fourth-order valence-corrected chi connectivity index (χ4v) is 6.41. The van der Waals surface area contributed by atoms with E-state index in [1.54, 1.807) is 6.20 Å². The van der Waals surface area contributed by atoms with Gasteiger partial charge >= 0.3 is 6.18 Å². The molecule has 0 radical (unpaired) electrons. The molecule has 3 aliphatic rings. The zero-order valence-electron chi connectivity index (χ0n) is 20.8. The number of hydrogen-bond acceptors (Lipinski definition) is 3. The third-order valence-corrected chi connectivity index (χ3v) is 8.71. The minimum Gasteiger partial charge on any atom is -0.385 e. The van der Waals surface area contributed by atoms with Gasteiger partial charge in [0.15, 0.2) is 0 Å². The van der Waals surface area contributed by atoms with Gasteiger partial charge in [0.2, 0.25) is 0 Å². The van der Waals surface area contributed by atoms with Crippen molar-refractivity contribution >= 4 is 0 Å². The number of halogens is 3. The first kappa shape index (κ1) is 27.1. The van der Waals surface area contributed by atoms with Crippen LogP contribution < -0.4 is 5.32 Å². The SMILES string of the molecule is C=CNC(CC[C@H]1CCC(OCC2CCC(C#N)CC2)CC1CC)C1=CCC(C(F)(F)F)CC1. The predicted molar refractivity (Wildman–Crippen MR) is 130 cm³/mol. The van der Waals surface area contributed by atoms with E-state index in [-0.39, 0.29) is 24.8 Å². The number of hydrogen-bond donors (Lipinski definition) is 1. The summed E-state index contributed by atoms with van der Waals surface area (Å²) in [4.78, 5) is 0. The second-order valence-corrected chi connectivity index (χ2v) is 10.8. The van der Waals surface area contributed by atoms with E-state index in [4.69, 9.17) is 10.00 Å². The minimum atomic E-state index is -4.09. The highest BCUT2D eigenvalue weighted by molar-refractivity contribution is 5.15. The molecule has 2 saturated carbocycles. The van der Waals surface area contributed by atoms with Crippen LogP contribution in [0.15, 0.2) is 24.4 Å². The Balaban J connectivity index is 1.44. The number of nitrogens with zero attached hydrogens (tertiary/aromatic N) is 1. The molecule has 2 fully saturated rings. The van der Waals surface area contributed by atoms with Crippen molar-refractivity contribution in [3.63, 3.8) is 0 Å². The molecule has 0 aromatic carbocycles. The molecule has 1 N–H and O–H groups in total. The van der Waals surface area contributed by atoms with E-state index in [0.29, 0.717) is 30.3 Å². The number of ether oxygens (including phenoxy) is 1. The van der Waals surface area contributed by atoms with Gasteiger partial charge in [-0.3, -0.25) is 0 Å². The molecule has 0 bridgehead atoms. The van der Waals surface area contributed by atoms with Gasteiger partial charge in [-0.05, 0) is 101 Å². The molecule has 0 aromatic rings. The summed E-state index contributed by atoms with van der Waals surface area (Å²) in [7, 11) is 0. The molecule has 34 heavy (non-hydrogen) atoms. The third-order valence-electron chi connectivity index (χ3n) is 8.71. The van der Waals surface area contributed by atoms with Gasteiger partial charge in [0.05, 0.1) is 18.1 Å². The summed E-state index contributed by atoms with van der Waals surface area (Å²) in [6, 6.07) is 2.50. The number of allylic oxidation sites excluding steroid dienone is 1. The van der Waals surface area contributed by atoms with E-state index in [1.165, 1.54) is 6.42 Å². The van der Waals surface area contributed by atoms with Crippen molar-refractivity contribution < 1.29 is 17.9 Å². The molecule has 5 atom stereocenters. The second kappa shape index (κ2) is 13.0. The number of alkyl halides is 3. The molecule has 4 unspecified atom stereocenters. The second-order valence-electron chi connectivity index (χ2n) is 10.8. The Kier molecular flexibility index (Phi) is 10.4. The Morgan fingerprint density at radius 2 is 1.94 bits per heavy atom. The van der Waals surface area contributed by atoms with E-state index in [2.05, 4.69) is 24.9 Å². The van der Waals surface area contributed by atoms with Crippen molar-refractivity contribution in [2.45, 2.75) is 109 Å². The third kappa shape index (κ3) is 7.77. The van der Waals surface area contributed by atoms with Gasteiger partial charge in [-0.15, -0.1) is 0 Å². The summed E-state index contributed by atoms with van der Waals surface area (Å²) in [5.41, 5.74) is 1.12. The van der Waals surface area contributed by atoms with E-state index in [1.807, 2.05) is 6.08 Å². The summed E-state index contributed by atoms with van der Waals surface area (Å²) in [5.74, 6) is 0.950. The highest BCUT2D eigenvalue weighted by atomic mass is 19.4. The molecule has 0 aliphatic heterocycles. The molecule has 0 heterocycles. The molecular formula is C28H43F3N2O. The maximum absolute atomic E-state index is 13.0. The van der Waals surface area contributed by atoms with Gasteiger partial charge in [-0.25, -0.2) is 0 Å². The zero-order valence-corrected chi connectivity index (χ0v) is 20.8. The first-order chi connectivity index (χ1) is 16.3. The van der Waals surface area contributed by atoms with E-state index >= 15 is 0 Å². The Labute approximate surface area is 204 Å². The first-order valence-corrected chi connectivity index (χ1v) is 13.5. The van der Waals surface area contributed by atoms with Crippen molar-refractivity contribution in [2.75, 3.05) is 6.61 Å². The van der Waals surface area contributed by atoms with Crippen LogP contribution >= 0.6 is 0 Å². The average Bonchev–Trinajstić information content (AvgIpc) is 2.85. The van der Waals surface area contributed by atoms with Gasteiger partial charge in [-0.2, -0.15) is 18.4 Å². The summed E-state index contributed by atoms with van der Waals surface area (Å²) in [5, 5.41) is 12.4. The van der Waals surface area contributed by atoms with Crippen LogP contribution in [0.4, 0.5) is 13.2 Å². The van der Waals surface area contributed by atoms with E-state index < -0.39 is 12.1 Å². The quantitative estimate of drug-likeness (QED) is 0.326. The van der Waals surface area contributed by atoms with Crippen molar-refractivity contribution in [1.82, 2.24) is 5.32 Å². The largest absolute Gasteiger partial charge is 0.392 e. The van der Waals surface area contributed by atoms with Crippen LogP contribution in [0.5, 0.6) is 0 Å². The molecule has 192 valence electrons. The Bertz CT molecular complexity index is 705. The van der Waals surface area contributed by atoms with Crippen LogP contribution in [0.3, 0.4) is 0 Å². The average molecular weight is 481 g/mol. The summed E-state index contributed by atoms with van der Waals surface area (Å²) in [6.07, 6.45) is 11.4.